The smallest absolute Gasteiger partial charge is 0.159 e. The highest BCUT2D eigenvalue weighted by Gasteiger charge is 2.16. The molecule has 5 nitrogen and oxygen atoms in total. The fraction of sp³-hybridized carbons (Fsp3) is 0.500. The number of aromatic nitrogens is 2. The number of thiocarbonyl (C=S) groups is 1. The topological polar surface area (TPSA) is 73.1 Å². The van der Waals surface area contributed by atoms with E-state index in [9.17, 15) is 0 Å². The lowest BCUT2D eigenvalue weighted by Gasteiger charge is -2.24. The van der Waals surface area contributed by atoms with E-state index in [2.05, 4.69) is 15.5 Å². The fourth-order valence-corrected chi connectivity index (χ4v) is 1.85. The van der Waals surface area contributed by atoms with E-state index in [4.69, 9.17) is 22.7 Å². The molecule has 0 bridgehead atoms. The van der Waals surface area contributed by atoms with Crippen LogP contribution in [0.1, 0.15) is 18.4 Å². The third kappa shape index (κ3) is 2.65. The SMILES string of the molecule is NC(=S)c1ccnnc1NC1CCCOC1. The largest absolute Gasteiger partial charge is 0.389 e. The molecule has 16 heavy (non-hydrogen) atoms. The van der Waals surface area contributed by atoms with Crippen molar-refractivity contribution in [3.63, 3.8) is 0 Å². The summed E-state index contributed by atoms with van der Waals surface area (Å²) < 4.78 is 5.38. The number of nitrogens with two attached hydrogens (primary N) is 1. The van der Waals surface area contributed by atoms with Gasteiger partial charge in [0.05, 0.1) is 24.4 Å². The molecule has 0 saturated carbocycles. The summed E-state index contributed by atoms with van der Waals surface area (Å²) in [6.07, 6.45) is 3.70. The van der Waals surface area contributed by atoms with Gasteiger partial charge in [0, 0.05) is 6.61 Å². The second-order valence-corrected chi connectivity index (χ2v) is 4.16. The van der Waals surface area contributed by atoms with Crippen molar-refractivity contribution in [3.8, 4) is 0 Å². The Labute approximate surface area is 99.4 Å². The standard InChI is InChI=1S/C10H14N4OS/c11-9(16)8-3-4-12-14-10(8)13-7-2-1-5-15-6-7/h3-4,7H,1-2,5-6H2,(H2,11,16)(H,13,14). The van der Waals surface area contributed by atoms with Crippen molar-refractivity contribution in [2.45, 2.75) is 18.9 Å². The Hall–Kier alpha value is -1.27. The van der Waals surface area contributed by atoms with Crippen LogP contribution in [0.4, 0.5) is 5.82 Å². The molecule has 1 atom stereocenters. The molecular formula is C10H14N4OS. The van der Waals surface area contributed by atoms with Gasteiger partial charge in [0.2, 0.25) is 0 Å². The molecule has 1 aromatic heterocycles. The first-order chi connectivity index (χ1) is 7.77. The summed E-state index contributed by atoms with van der Waals surface area (Å²) in [6, 6.07) is 2.03. The summed E-state index contributed by atoms with van der Waals surface area (Å²) in [5.74, 6) is 0.644. The van der Waals surface area contributed by atoms with Crippen molar-refractivity contribution in [2.75, 3.05) is 18.5 Å². The minimum Gasteiger partial charge on any atom is -0.389 e. The maximum absolute atomic E-state index is 5.61. The molecule has 1 aliphatic rings. The van der Waals surface area contributed by atoms with E-state index in [-0.39, 0.29) is 6.04 Å². The van der Waals surface area contributed by atoms with E-state index in [1.54, 1.807) is 12.3 Å². The van der Waals surface area contributed by atoms with Crippen molar-refractivity contribution in [3.05, 3.63) is 17.8 Å². The molecule has 86 valence electrons. The summed E-state index contributed by atoms with van der Waals surface area (Å²) in [6.45, 7) is 1.52. The van der Waals surface area contributed by atoms with E-state index in [1.807, 2.05) is 0 Å². The van der Waals surface area contributed by atoms with Crippen LogP contribution in [0.15, 0.2) is 12.3 Å². The molecule has 0 radical (unpaired) electrons. The van der Waals surface area contributed by atoms with Crippen LogP contribution in [0.5, 0.6) is 0 Å². The van der Waals surface area contributed by atoms with Gasteiger partial charge in [0.15, 0.2) is 5.82 Å². The molecule has 6 heteroatoms. The molecule has 2 rings (SSSR count). The Balaban J connectivity index is 2.10. The summed E-state index contributed by atoms with van der Waals surface area (Å²) in [4.78, 5) is 0.328. The molecule has 1 saturated heterocycles. The minimum atomic E-state index is 0.263. The number of nitrogens with one attached hydrogen (secondary N) is 1. The molecule has 1 aromatic rings. The van der Waals surface area contributed by atoms with Gasteiger partial charge in [-0.3, -0.25) is 0 Å². The van der Waals surface area contributed by atoms with Crippen LogP contribution >= 0.6 is 12.2 Å². The first-order valence-corrected chi connectivity index (χ1v) is 5.64. The van der Waals surface area contributed by atoms with Gasteiger partial charge in [0.1, 0.15) is 4.99 Å². The maximum Gasteiger partial charge on any atom is 0.159 e. The zero-order valence-electron chi connectivity index (χ0n) is 8.85. The van der Waals surface area contributed by atoms with E-state index < -0.39 is 0 Å². The van der Waals surface area contributed by atoms with Gasteiger partial charge in [-0.1, -0.05) is 12.2 Å². The monoisotopic (exact) mass is 238 g/mol. The Morgan fingerprint density at radius 1 is 1.62 bits per heavy atom. The van der Waals surface area contributed by atoms with Gasteiger partial charge in [-0.25, -0.2) is 0 Å². The number of hydrogen-bond donors (Lipinski definition) is 2. The predicted molar refractivity (Wildman–Crippen MR) is 65.4 cm³/mol. The van der Waals surface area contributed by atoms with Crippen LogP contribution in [0.3, 0.4) is 0 Å². The van der Waals surface area contributed by atoms with Crippen LogP contribution in [0.2, 0.25) is 0 Å². The zero-order valence-corrected chi connectivity index (χ0v) is 9.67. The van der Waals surface area contributed by atoms with E-state index in [1.165, 1.54) is 0 Å². The summed E-state index contributed by atoms with van der Waals surface area (Å²) >= 11 is 4.96. The number of nitrogens with zero attached hydrogens (tertiary/aromatic N) is 2. The molecule has 0 spiro atoms. The number of hydrogen-bond acceptors (Lipinski definition) is 5. The quantitative estimate of drug-likeness (QED) is 0.755. The van der Waals surface area contributed by atoms with Crippen molar-refractivity contribution < 1.29 is 4.74 Å². The molecule has 1 fully saturated rings. The van der Waals surface area contributed by atoms with Crippen LogP contribution in [-0.4, -0.2) is 34.4 Å². The molecule has 2 heterocycles. The maximum atomic E-state index is 5.61. The van der Waals surface area contributed by atoms with Crippen LogP contribution in [0, 0.1) is 0 Å². The lowest BCUT2D eigenvalue weighted by molar-refractivity contribution is 0.0875. The van der Waals surface area contributed by atoms with Crippen molar-refractivity contribution in [1.82, 2.24) is 10.2 Å². The fourth-order valence-electron chi connectivity index (χ4n) is 1.69. The highest BCUT2D eigenvalue weighted by Crippen LogP contribution is 2.15. The van der Waals surface area contributed by atoms with Gasteiger partial charge in [-0.2, -0.15) is 5.10 Å². The molecule has 0 aromatic carbocycles. The second kappa shape index (κ2) is 5.18. The van der Waals surface area contributed by atoms with Gasteiger partial charge in [0.25, 0.3) is 0 Å². The number of rotatable bonds is 3. The van der Waals surface area contributed by atoms with Crippen molar-refractivity contribution in [1.29, 1.82) is 0 Å². The van der Waals surface area contributed by atoms with Crippen molar-refractivity contribution in [2.24, 2.45) is 5.73 Å². The number of ether oxygens (including phenoxy) is 1. The second-order valence-electron chi connectivity index (χ2n) is 3.72. The Kier molecular flexibility index (Phi) is 3.63. The van der Waals surface area contributed by atoms with Gasteiger partial charge in [-0.15, -0.1) is 5.10 Å². The molecule has 0 aliphatic carbocycles. The van der Waals surface area contributed by atoms with Gasteiger partial charge < -0.3 is 15.8 Å². The van der Waals surface area contributed by atoms with Crippen LogP contribution in [-0.2, 0) is 4.74 Å². The Morgan fingerprint density at radius 3 is 3.19 bits per heavy atom. The summed E-state index contributed by atoms with van der Waals surface area (Å²) in [5, 5.41) is 11.1. The third-order valence-corrected chi connectivity index (χ3v) is 2.71. The average molecular weight is 238 g/mol. The summed E-state index contributed by atoms with van der Waals surface area (Å²) in [5.41, 5.74) is 6.34. The third-order valence-electron chi connectivity index (χ3n) is 2.49. The Bertz CT molecular complexity index is 379. The Morgan fingerprint density at radius 2 is 2.50 bits per heavy atom. The van der Waals surface area contributed by atoms with Crippen molar-refractivity contribution >= 4 is 23.0 Å². The van der Waals surface area contributed by atoms with Gasteiger partial charge >= 0.3 is 0 Å². The van der Waals surface area contributed by atoms with Crippen LogP contribution in [0.25, 0.3) is 0 Å². The molecular weight excluding hydrogens is 224 g/mol. The average Bonchev–Trinajstić information content (AvgIpc) is 2.31. The molecule has 1 unspecified atom stereocenters. The van der Waals surface area contributed by atoms with E-state index >= 15 is 0 Å². The summed E-state index contributed by atoms with van der Waals surface area (Å²) in [7, 11) is 0. The van der Waals surface area contributed by atoms with E-state index in [0.717, 1.165) is 25.0 Å². The minimum absolute atomic E-state index is 0.263. The normalized spacial score (nSPS) is 20.4. The molecule has 0 amide bonds. The van der Waals surface area contributed by atoms with Crippen LogP contribution < -0.4 is 11.1 Å². The van der Waals surface area contributed by atoms with Gasteiger partial charge in [-0.05, 0) is 18.9 Å². The highest BCUT2D eigenvalue weighted by molar-refractivity contribution is 7.80. The number of anilines is 1. The first-order valence-electron chi connectivity index (χ1n) is 5.23. The molecule has 3 N–H and O–H groups in total. The van der Waals surface area contributed by atoms with E-state index in [0.29, 0.717) is 17.4 Å². The molecule has 1 aliphatic heterocycles. The first kappa shape index (κ1) is 11.2. The predicted octanol–water partition coefficient (Wildman–Crippen LogP) is 0.702. The lowest BCUT2D eigenvalue weighted by atomic mass is 10.1. The lowest BCUT2D eigenvalue weighted by Crippen LogP contribution is -2.31. The highest BCUT2D eigenvalue weighted by atomic mass is 32.1. The zero-order chi connectivity index (χ0) is 11.4.